The van der Waals surface area contributed by atoms with Gasteiger partial charge >= 0.3 is 0 Å². The first-order chi connectivity index (χ1) is 7.06. The van der Waals surface area contributed by atoms with Gasteiger partial charge in [-0.25, -0.2) is 0 Å². The molecule has 1 aromatic rings. The summed E-state index contributed by atoms with van der Waals surface area (Å²) in [4.78, 5) is 10.9. The topological polar surface area (TPSA) is 46.9 Å². The first-order valence-corrected chi connectivity index (χ1v) is 4.97. The van der Waals surface area contributed by atoms with E-state index in [9.17, 15) is 4.79 Å². The van der Waals surface area contributed by atoms with Crippen LogP contribution in [0.1, 0.15) is 17.0 Å². The van der Waals surface area contributed by atoms with Crippen molar-refractivity contribution in [2.75, 3.05) is 6.54 Å². The summed E-state index contributed by atoms with van der Waals surface area (Å²) in [5.41, 5.74) is 3.41. The van der Waals surface area contributed by atoms with Crippen LogP contribution < -0.4 is 5.32 Å². The molecule has 1 aromatic heterocycles. The number of hydrogen-bond acceptors (Lipinski definition) is 2. The van der Waals surface area contributed by atoms with Crippen molar-refractivity contribution in [3.8, 4) is 0 Å². The van der Waals surface area contributed by atoms with Crippen LogP contribution in [0.3, 0.4) is 0 Å². The molecule has 0 fully saturated rings. The molecule has 1 rings (SSSR count). The smallest absolute Gasteiger partial charge is 0.243 e. The number of aryl methyl sites for hydroxylation is 1. The van der Waals surface area contributed by atoms with Gasteiger partial charge in [-0.05, 0) is 32.4 Å². The maximum Gasteiger partial charge on any atom is 0.243 e. The zero-order valence-corrected chi connectivity index (χ0v) is 9.50. The lowest BCUT2D eigenvalue weighted by atomic mass is 10.2. The highest BCUT2D eigenvalue weighted by Gasteiger charge is 2.06. The third kappa shape index (κ3) is 2.68. The first kappa shape index (κ1) is 11.5. The predicted octanol–water partition coefficient (Wildman–Crippen LogP) is 1.11. The van der Waals surface area contributed by atoms with Gasteiger partial charge in [0.2, 0.25) is 5.91 Å². The van der Waals surface area contributed by atoms with Gasteiger partial charge in [-0.3, -0.25) is 9.48 Å². The van der Waals surface area contributed by atoms with Crippen LogP contribution in [0.5, 0.6) is 0 Å². The van der Waals surface area contributed by atoms with Crippen LogP contribution in [0, 0.1) is 20.8 Å². The van der Waals surface area contributed by atoms with Gasteiger partial charge < -0.3 is 5.32 Å². The second kappa shape index (κ2) is 4.77. The molecule has 0 aliphatic carbocycles. The van der Waals surface area contributed by atoms with E-state index in [4.69, 9.17) is 0 Å². The molecular formula is C11H17N3O. The molecule has 15 heavy (non-hydrogen) atoms. The Morgan fingerprint density at radius 1 is 1.53 bits per heavy atom. The molecule has 0 radical (unpaired) electrons. The minimum absolute atomic E-state index is 0.145. The van der Waals surface area contributed by atoms with Crippen molar-refractivity contribution in [3.63, 3.8) is 0 Å². The molecule has 0 spiro atoms. The van der Waals surface area contributed by atoms with Gasteiger partial charge in [0.1, 0.15) is 0 Å². The van der Waals surface area contributed by atoms with Crippen molar-refractivity contribution < 1.29 is 4.79 Å². The molecule has 1 amide bonds. The molecule has 0 atom stereocenters. The monoisotopic (exact) mass is 207 g/mol. The van der Waals surface area contributed by atoms with Gasteiger partial charge in [0.05, 0.1) is 12.2 Å². The summed E-state index contributed by atoms with van der Waals surface area (Å²) < 4.78 is 1.91. The normalized spacial score (nSPS) is 10.1. The van der Waals surface area contributed by atoms with Crippen molar-refractivity contribution >= 4 is 5.91 Å². The molecule has 1 heterocycles. The van der Waals surface area contributed by atoms with E-state index < -0.39 is 0 Å². The molecule has 0 saturated carbocycles. The third-order valence-electron chi connectivity index (χ3n) is 2.55. The Morgan fingerprint density at radius 3 is 2.67 bits per heavy atom. The highest BCUT2D eigenvalue weighted by atomic mass is 16.1. The van der Waals surface area contributed by atoms with Gasteiger partial charge in [0.15, 0.2) is 0 Å². The van der Waals surface area contributed by atoms with E-state index in [0.29, 0.717) is 13.1 Å². The molecule has 0 bridgehead atoms. The van der Waals surface area contributed by atoms with Gasteiger partial charge in [-0.15, -0.1) is 0 Å². The van der Waals surface area contributed by atoms with Gasteiger partial charge in [0, 0.05) is 12.2 Å². The van der Waals surface area contributed by atoms with Crippen LogP contribution >= 0.6 is 0 Å². The van der Waals surface area contributed by atoms with E-state index in [2.05, 4.69) is 23.9 Å². The van der Waals surface area contributed by atoms with E-state index in [-0.39, 0.29) is 5.91 Å². The fraction of sp³-hybridized carbons (Fsp3) is 0.455. The average Bonchev–Trinajstić information content (AvgIpc) is 2.46. The lowest BCUT2D eigenvalue weighted by Gasteiger charge is -2.05. The quantitative estimate of drug-likeness (QED) is 0.752. The third-order valence-corrected chi connectivity index (χ3v) is 2.55. The molecule has 82 valence electrons. The summed E-state index contributed by atoms with van der Waals surface area (Å²) in [6.07, 6.45) is 1.27. The van der Waals surface area contributed by atoms with Crippen LogP contribution in [0.25, 0.3) is 0 Å². The predicted molar refractivity (Wildman–Crippen MR) is 59.6 cm³/mol. The number of aromatic nitrogens is 2. The second-order valence-electron chi connectivity index (χ2n) is 3.51. The highest BCUT2D eigenvalue weighted by molar-refractivity contribution is 5.86. The molecule has 0 saturated heterocycles. The summed E-state index contributed by atoms with van der Waals surface area (Å²) in [5.74, 6) is -0.145. The molecule has 0 aliphatic rings. The summed E-state index contributed by atoms with van der Waals surface area (Å²) in [6.45, 7) is 10.7. The van der Waals surface area contributed by atoms with E-state index in [1.165, 1.54) is 11.6 Å². The van der Waals surface area contributed by atoms with E-state index in [0.717, 1.165) is 11.4 Å². The molecule has 4 nitrogen and oxygen atoms in total. The number of nitrogens with one attached hydrogen (secondary N) is 1. The van der Waals surface area contributed by atoms with Crippen molar-refractivity contribution in [1.29, 1.82) is 0 Å². The average molecular weight is 207 g/mol. The number of hydrogen-bond donors (Lipinski definition) is 1. The second-order valence-corrected chi connectivity index (χ2v) is 3.51. The van der Waals surface area contributed by atoms with Crippen LogP contribution in [0.15, 0.2) is 12.7 Å². The largest absolute Gasteiger partial charge is 0.351 e. The van der Waals surface area contributed by atoms with Gasteiger partial charge in [0.25, 0.3) is 0 Å². The Labute approximate surface area is 90.0 Å². The number of rotatable bonds is 4. The standard InChI is InChI=1S/C11H17N3O/c1-5-11(15)12-6-7-14-10(4)8(2)9(3)13-14/h5H,1,6-7H2,2-4H3,(H,12,15). The SMILES string of the molecule is C=CC(=O)NCCn1nc(C)c(C)c1C. The van der Waals surface area contributed by atoms with Crippen LogP contribution in [0.2, 0.25) is 0 Å². The Morgan fingerprint density at radius 2 is 2.20 bits per heavy atom. The number of carbonyl (C=O) groups excluding carboxylic acids is 1. The Hall–Kier alpha value is -1.58. The minimum Gasteiger partial charge on any atom is -0.351 e. The maximum absolute atomic E-state index is 10.9. The maximum atomic E-state index is 10.9. The fourth-order valence-corrected chi connectivity index (χ4v) is 1.36. The summed E-state index contributed by atoms with van der Waals surface area (Å²) in [6, 6.07) is 0. The van der Waals surface area contributed by atoms with Crippen molar-refractivity contribution in [1.82, 2.24) is 15.1 Å². The van der Waals surface area contributed by atoms with Gasteiger partial charge in [-0.2, -0.15) is 5.10 Å². The lowest BCUT2D eigenvalue weighted by Crippen LogP contribution is -2.25. The number of amides is 1. The molecule has 4 heteroatoms. The summed E-state index contributed by atoms with van der Waals surface area (Å²) >= 11 is 0. The van der Waals surface area contributed by atoms with Crippen molar-refractivity contribution in [3.05, 3.63) is 29.6 Å². The molecule has 1 N–H and O–H groups in total. The van der Waals surface area contributed by atoms with Gasteiger partial charge in [-0.1, -0.05) is 6.58 Å². The van der Waals surface area contributed by atoms with Crippen LogP contribution in [0.4, 0.5) is 0 Å². The molecule has 0 aromatic carbocycles. The molecule has 0 aliphatic heterocycles. The molecular weight excluding hydrogens is 190 g/mol. The Kier molecular flexibility index (Phi) is 3.66. The van der Waals surface area contributed by atoms with Crippen molar-refractivity contribution in [2.24, 2.45) is 0 Å². The molecule has 0 unspecified atom stereocenters. The minimum atomic E-state index is -0.145. The van der Waals surface area contributed by atoms with Crippen molar-refractivity contribution in [2.45, 2.75) is 27.3 Å². The Bertz CT molecular complexity index is 379. The zero-order chi connectivity index (χ0) is 11.4. The zero-order valence-electron chi connectivity index (χ0n) is 9.50. The van der Waals surface area contributed by atoms with Crippen LogP contribution in [-0.2, 0) is 11.3 Å². The van der Waals surface area contributed by atoms with E-state index in [1.807, 2.05) is 18.5 Å². The van der Waals surface area contributed by atoms with Crippen LogP contribution in [-0.4, -0.2) is 22.2 Å². The number of carbonyl (C=O) groups is 1. The summed E-state index contributed by atoms with van der Waals surface area (Å²) in [5, 5.41) is 7.09. The lowest BCUT2D eigenvalue weighted by molar-refractivity contribution is -0.116. The number of nitrogens with zero attached hydrogens (tertiary/aromatic N) is 2. The summed E-state index contributed by atoms with van der Waals surface area (Å²) in [7, 11) is 0. The first-order valence-electron chi connectivity index (χ1n) is 4.97. The van der Waals surface area contributed by atoms with E-state index >= 15 is 0 Å². The van der Waals surface area contributed by atoms with E-state index in [1.54, 1.807) is 0 Å². The highest BCUT2D eigenvalue weighted by Crippen LogP contribution is 2.09. The Balaban J connectivity index is 2.54. The fourth-order valence-electron chi connectivity index (χ4n) is 1.36.